The largest absolute Gasteiger partial charge is 0.504 e. The maximum Gasteiger partial charge on any atom is 0.158 e. The first kappa shape index (κ1) is 6.91. The molecule has 2 N–H and O–H groups in total. The molecule has 0 spiro atoms. The number of aromatic nitrogens is 1. The number of pyridine rings is 1. The number of fused-ring (bicyclic) bond motifs is 1. The Balaban J connectivity index is 2.84. The molecule has 0 bridgehead atoms. The molecule has 0 aliphatic heterocycles. The van der Waals surface area contributed by atoms with Gasteiger partial charge in [-0.3, -0.25) is 4.98 Å². The van der Waals surface area contributed by atoms with E-state index in [9.17, 15) is 0 Å². The number of phenols is 2. The van der Waals surface area contributed by atoms with Crippen LogP contribution in [0.25, 0.3) is 10.8 Å². The van der Waals surface area contributed by atoms with Crippen LogP contribution in [0.15, 0.2) is 30.6 Å². The fourth-order valence-electron chi connectivity index (χ4n) is 1.11. The van der Waals surface area contributed by atoms with E-state index in [1.54, 1.807) is 18.5 Å². The summed E-state index contributed by atoms with van der Waals surface area (Å²) in [5.74, 6) is -0.218. The number of benzene rings is 1. The van der Waals surface area contributed by atoms with Crippen molar-refractivity contribution in [1.29, 1.82) is 0 Å². The summed E-state index contributed by atoms with van der Waals surface area (Å²) in [7, 11) is 0. The molecule has 0 radical (unpaired) electrons. The van der Waals surface area contributed by atoms with Crippen LogP contribution in [-0.4, -0.2) is 15.2 Å². The highest BCUT2D eigenvalue weighted by Gasteiger charge is 2.00. The lowest BCUT2D eigenvalue weighted by molar-refractivity contribution is 0.405. The zero-order valence-corrected chi connectivity index (χ0v) is 6.23. The van der Waals surface area contributed by atoms with Crippen molar-refractivity contribution >= 4 is 10.8 Å². The minimum absolute atomic E-state index is 0.103. The van der Waals surface area contributed by atoms with Crippen molar-refractivity contribution in [3.8, 4) is 11.5 Å². The average molecular weight is 161 g/mol. The van der Waals surface area contributed by atoms with E-state index in [0.717, 1.165) is 10.8 Å². The summed E-state index contributed by atoms with van der Waals surface area (Å²) in [5, 5.41) is 20.0. The van der Waals surface area contributed by atoms with Crippen molar-refractivity contribution in [2.75, 3.05) is 0 Å². The Morgan fingerprint density at radius 1 is 1.00 bits per heavy atom. The van der Waals surface area contributed by atoms with Crippen LogP contribution in [0.5, 0.6) is 11.5 Å². The van der Waals surface area contributed by atoms with Gasteiger partial charge in [0.25, 0.3) is 0 Å². The highest BCUT2D eigenvalue weighted by atomic mass is 16.3. The smallest absolute Gasteiger partial charge is 0.158 e. The molecule has 0 amide bonds. The van der Waals surface area contributed by atoms with E-state index in [1.165, 1.54) is 12.1 Å². The second kappa shape index (κ2) is 2.37. The lowest BCUT2D eigenvalue weighted by Crippen LogP contribution is -1.75. The van der Waals surface area contributed by atoms with Crippen molar-refractivity contribution in [1.82, 2.24) is 4.98 Å². The normalized spacial score (nSPS) is 10.3. The van der Waals surface area contributed by atoms with Gasteiger partial charge in [-0.1, -0.05) is 0 Å². The topological polar surface area (TPSA) is 53.4 Å². The van der Waals surface area contributed by atoms with E-state index < -0.39 is 0 Å². The summed E-state index contributed by atoms with van der Waals surface area (Å²) in [4.78, 5) is 3.89. The van der Waals surface area contributed by atoms with E-state index in [2.05, 4.69) is 4.98 Å². The maximum atomic E-state index is 9.15. The minimum atomic E-state index is -0.115. The molecule has 0 aliphatic rings. The highest BCUT2D eigenvalue weighted by Crippen LogP contribution is 2.29. The average Bonchev–Trinajstić information content (AvgIpc) is 2.07. The van der Waals surface area contributed by atoms with E-state index in [4.69, 9.17) is 10.2 Å². The molecule has 0 aliphatic carbocycles. The van der Waals surface area contributed by atoms with Gasteiger partial charge in [-0.2, -0.15) is 0 Å². The van der Waals surface area contributed by atoms with Gasteiger partial charge in [0, 0.05) is 17.8 Å². The Morgan fingerprint density at radius 3 is 2.42 bits per heavy atom. The monoisotopic (exact) mass is 161 g/mol. The van der Waals surface area contributed by atoms with Crippen molar-refractivity contribution in [2.24, 2.45) is 0 Å². The summed E-state index contributed by atoms with van der Waals surface area (Å²) in [6, 6.07) is 4.76. The molecule has 3 nitrogen and oxygen atoms in total. The van der Waals surface area contributed by atoms with E-state index >= 15 is 0 Å². The van der Waals surface area contributed by atoms with Crippen molar-refractivity contribution in [3.63, 3.8) is 0 Å². The summed E-state index contributed by atoms with van der Waals surface area (Å²) in [6.45, 7) is 0. The maximum absolute atomic E-state index is 9.15. The predicted molar refractivity (Wildman–Crippen MR) is 45.1 cm³/mol. The molecule has 0 saturated carbocycles. The first-order chi connectivity index (χ1) is 5.77. The number of aromatic hydroxyl groups is 2. The molecule has 12 heavy (non-hydrogen) atoms. The van der Waals surface area contributed by atoms with Crippen LogP contribution in [0.3, 0.4) is 0 Å². The quantitative estimate of drug-likeness (QED) is 0.577. The van der Waals surface area contributed by atoms with Gasteiger partial charge in [-0.25, -0.2) is 0 Å². The van der Waals surface area contributed by atoms with Gasteiger partial charge in [-0.05, 0) is 23.6 Å². The molecule has 2 rings (SSSR count). The first-order valence-electron chi connectivity index (χ1n) is 3.53. The predicted octanol–water partition coefficient (Wildman–Crippen LogP) is 1.65. The van der Waals surface area contributed by atoms with Crippen LogP contribution in [0, 0.1) is 0 Å². The molecule has 0 unspecified atom stereocenters. The molecule has 1 aromatic carbocycles. The summed E-state index contributed by atoms with van der Waals surface area (Å²) in [5.41, 5.74) is 0. The molecule has 60 valence electrons. The van der Waals surface area contributed by atoms with Crippen LogP contribution >= 0.6 is 0 Å². The SMILES string of the molecule is Oc1cc2ccncc2cc1O. The molecule has 0 saturated heterocycles. The third kappa shape index (κ3) is 0.955. The number of phenolic OH excluding ortho intramolecular Hbond substituents is 2. The number of rotatable bonds is 0. The van der Waals surface area contributed by atoms with Crippen molar-refractivity contribution in [2.45, 2.75) is 0 Å². The van der Waals surface area contributed by atoms with Gasteiger partial charge in [0.15, 0.2) is 11.5 Å². The summed E-state index contributed by atoms with van der Waals surface area (Å²) in [6.07, 6.45) is 3.27. The third-order valence-electron chi connectivity index (χ3n) is 1.73. The summed E-state index contributed by atoms with van der Waals surface area (Å²) >= 11 is 0. The van der Waals surface area contributed by atoms with Crippen LogP contribution in [0.1, 0.15) is 0 Å². The second-order valence-corrected chi connectivity index (χ2v) is 2.56. The second-order valence-electron chi connectivity index (χ2n) is 2.56. The Labute approximate surface area is 68.9 Å². The lowest BCUT2D eigenvalue weighted by Gasteiger charge is -1.99. The number of hydrogen-bond acceptors (Lipinski definition) is 3. The Hall–Kier alpha value is -1.77. The van der Waals surface area contributed by atoms with Crippen LogP contribution in [0.4, 0.5) is 0 Å². The number of nitrogens with zero attached hydrogens (tertiary/aromatic N) is 1. The fourth-order valence-corrected chi connectivity index (χ4v) is 1.11. The molecule has 1 heterocycles. The van der Waals surface area contributed by atoms with Crippen LogP contribution in [0.2, 0.25) is 0 Å². The van der Waals surface area contributed by atoms with Crippen molar-refractivity contribution in [3.05, 3.63) is 30.6 Å². The van der Waals surface area contributed by atoms with E-state index in [1.807, 2.05) is 0 Å². The first-order valence-corrected chi connectivity index (χ1v) is 3.53. The van der Waals surface area contributed by atoms with Crippen LogP contribution in [-0.2, 0) is 0 Å². The minimum Gasteiger partial charge on any atom is -0.504 e. The van der Waals surface area contributed by atoms with Crippen LogP contribution < -0.4 is 0 Å². The molecule has 3 heteroatoms. The van der Waals surface area contributed by atoms with Gasteiger partial charge >= 0.3 is 0 Å². The molecule has 2 aromatic rings. The highest BCUT2D eigenvalue weighted by molar-refractivity contribution is 5.84. The van der Waals surface area contributed by atoms with Gasteiger partial charge in [0.2, 0.25) is 0 Å². The Bertz CT molecular complexity index is 385. The zero-order chi connectivity index (χ0) is 8.55. The third-order valence-corrected chi connectivity index (χ3v) is 1.73. The zero-order valence-electron chi connectivity index (χ0n) is 6.23. The van der Waals surface area contributed by atoms with E-state index in [-0.39, 0.29) is 11.5 Å². The van der Waals surface area contributed by atoms with Gasteiger partial charge in [0.1, 0.15) is 0 Å². The van der Waals surface area contributed by atoms with E-state index in [0.29, 0.717) is 0 Å². The van der Waals surface area contributed by atoms with Gasteiger partial charge in [-0.15, -0.1) is 0 Å². The fraction of sp³-hybridized carbons (Fsp3) is 0. The molecule has 0 fully saturated rings. The molecule has 1 aromatic heterocycles. The Morgan fingerprint density at radius 2 is 1.67 bits per heavy atom. The number of hydrogen-bond donors (Lipinski definition) is 2. The summed E-state index contributed by atoms with van der Waals surface area (Å²) < 4.78 is 0. The molecular formula is C9H7NO2. The standard InChI is InChI=1S/C9H7NO2/c11-8-3-6-1-2-10-5-7(6)4-9(8)12/h1-5,11-12H. The Kier molecular flexibility index (Phi) is 1.37. The lowest BCUT2D eigenvalue weighted by atomic mass is 10.1. The van der Waals surface area contributed by atoms with Gasteiger partial charge in [0.05, 0.1) is 0 Å². The van der Waals surface area contributed by atoms with Crippen molar-refractivity contribution < 1.29 is 10.2 Å². The molecule has 0 atom stereocenters. The molecular weight excluding hydrogens is 154 g/mol. The van der Waals surface area contributed by atoms with Gasteiger partial charge < -0.3 is 10.2 Å².